The highest BCUT2D eigenvalue weighted by Gasteiger charge is 2.21. The van der Waals surface area contributed by atoms with Gasteiger partial charge in [-0.1, -0.05) is 23.7 Å². The summed E-state index contributed by atoms with van der Waals surface area (Å²) in [4.78, 5) is 13.6. The van der Waals surface area contributed by atoms with Crippen molar-refractivity contribution in [3.63, 3.8) is 0 Å². The fraction of sp³-hybridized carbons (Fsp3) is 0.259. The molecule has 0 bridgehead atoms. The molecule has 0 atom stereocenters. The van der Waals surface area contributed by atoms with Crippen LogP contribution in [0.2, 0.25) is 5.15 Å². The number of ether oxygens (including phenoxy) is 2. The van der Waals surface area contributed by atoms with Crippen LogP contribution in [0.25, 0.3) is 22.0 Å². The van der Waals surface area contributed by atoms with Crippen molar-refractivity contribution >= 4 is 43.9 Å². The Morgan fingerprint density at radius 1 is 0.947 bits per heavy atom. The number of rotatable bonds is 6. The minimum Gasteiger partial charge on any atom is -0.454 e. The van der Waals surface area contributed by atoms with E-state index < -0.39 is 10.0 Å². The van der Waals surface area contributed by atoms with Gasteiger partial charge in [0.25, 0.3) is 0 Å². The van der Waals surface area contributed by atoms with E-state index in [1.807, 2.05) is 24.4 Å². The summed E-state index contributed by atoms with van der Waals surface area (Å²) in [7, 11) is -3.49. The first-order chi connectivity index (χ1) is 18.3. The van der Waals surface area contributed by atoms with Gasteiger partial charge in [-0.15, -0.1) is 0 Å². The predicted octanol–water partition coefficient (Wildman–Crippen LogP) is 4.37. The molecule has 0 saturated carbocycles. The maximum atomic E-state index is 11.7. The number of hydrogen-bond acceptors (Lipinski definition) is 8. The van der Waals surface area contributed by atoms with Crippen LogP contribution in [0.4, 0.5) is 11.4 Å². The van der Waals surface area contributed by atoms with Gasteiger partial charge in [0.05, 0.1) is 17.5 Å². The molecule has 0 spiro atoms. The van der Waals surface area contributed by atoms with E-state index in [0.717, 1.165) is 78.2 Å². The van der Waals surface area contributed by atoms with Crippen LogP contribution in [0.3, 0.4) is 0 Å². The van der Waals surface area contributed by atoms with E-state index in [1.54, 1.807) is 12.3 Å². The van der Waals surface area contributed by atoms with Gasteiger partial charge in [0.2, 0.25) is 16.8 Å². The Bertz CT molecular complexity index is 1620. The number of nitrogens with one attached hydrogen (secondary N) is 1. The standard InChI is InChI=1S/C27H26ClN5O4S/c1-38(34,35)31-23-14-20(15-30-27(23)28)19-3-4-22-21(13-19)24(6-7-29-22)33-10-8-32(9-11-33)16-18-2-5-25-26(12-18)37-17-36-25/h2-7,12-15,31H,8-11,16-17H2,1H3. The average Bonchev–Trinajstić information content (AvgIpc) is 3.37. The molecule has 2 aliphatic rings. The number of aromatic nitrogens is 2. The van der Waals surface area contributed by atoms with Gasteiger partial charge in [-0.05, 0) is 47.5 Å². The lowest BCUT2D eigenvalue weighted by Crippen LogP contribution is -2.46. The highest BCUT2D eigenvalue weighted by molar-refractivity contribution is 7.92. The van der Waals surface area contributed by atoms with E-state index in [1.165, 1.54) is 5.56 Å². The molecule has 0 aliphatic carbocycles. The van der Waals surface area contributed by atoms with Crippen molar-refractivity contribution in [2.45, 2.75) is 6.54 Å². The van der Waals surface area contributed by atoms with Gasteiger partial charge in [0, 0.05) is 61.8 Å². The molecule has 4 aromatic rings. The first kappa shape index (κ1) is 24.7. The molecule has 0 unspecified atom stereocenters. The van der Waals surface area contributed by atoms with E-state index in [2.05, 4.69) is 48.8 Å². The predicted molar refractivity (Wildman–Crippen MR) is 149 cm³/mol. The maximum Gasteiger partial charge on any atom is 0.231 e. The number of benzene rings is 2. The molecule has 196 valence electrons. The van der Waals surface area contributed by atoms with Crippen molar-refractivity contribution in [1.82, 2.24) is 14.9 Å². The highest BCUT2D eigenvalue weighted by atomic mass is 35.5. The second-order valence-corrected chi connectivity index (χ2v) is 11.6. The van der Waals surface area contributed by atoms with E-state index in [4.69, 9.17) is 21.1 Å². The summed E-state index contributed by atoms with van der Waals surface area (Å²) < 4.78 is 36.9. The Kier molecular flexibility index (Phi) is 6.46. The molecule has 1 saturated heterocycles. The van der Waals surface area contributed by atoms with Crippen LogP contribution in [0, 0.1) is 0 Å². The fourth-order valence-electron chi connectivity index (χ4n) is 4.91. The van der Waals surface area contributed by atoms with Gasteiger partial charge in [0.15, 0.2) is 16.7 Å². The lowest BCUT2D eigenvalue weighted by molar-refractivity contribution is 0.174. The Balaban J connectivity index is 1.22. The van der Waals surface area contributed by atoms with Gasteiger partial charge in [0.1, 0.15) is 0 Å². The molecule has 4 heterocycles. The molecule has 6 rings (SSSR count). The molecule has 9 nitrogen and oxygen atoms in total. The molecule has 0 amide bonds. The zero-order valence-corrected chi connectivity index (χ0v) is 22.3. The van der Waals surface area contributed by atoms with Gasteiger partial charge in [-0.25, -0.2) is 13.4 Å². The summed E-state index contributed by atoms with van der Waals surface area (Å²) in [6, 6.07) is 15.9. The Morgan fingerprint density at radius 3 is 2.58 bits per heavy atom. The van der Waals surface area contributed by atoms with Crippen LogP contribution in [0.15, 0.2) is 60.9 Å². The Morgan fingerprint density at radius 2 is 1.76 bits per heavy atom. The first-order valence-corrected chi connectivity index (χ1v) is 14.5. The maximum absolute atomic E-state index is 11.7. The molecule has 11 heteroatoms. The van der Waals surface area contributed by atoms with Crippen molar-refractivity contribution < 1.29 is 17.9 Å². The lowest BCUT2D eigenvalue weighted by atomic mass is 10.0. The third kappa shape index (κ3) is 5.20. The van der Waals surface area contributed by atoms with E-state index in [0.29, 0.717) is 0 Å². The summed E-state index contributed by atoms with van der Waals surface area (Å²) in [5, 5.41) is 1.13. The summed E-state index contributed by atoms with van der Waals surface area (Å²) in [5.41, 5.74) is 5.13. The second kappa shape index (κ2) is 9.94. The van der Waals surface area contributed by atoms with Crippen LogP contribution < -0.4 is 19.1 Å². The van der Waals surface area contributed by atoms with Crippen LogP contribution >= 0.6 is 11.6 Å². The number of pyridine rings is 2. The minimum atomic E-state index is -3.49. The fourth-order valence-corrected chi connectivity index (χ4v) is 5.67. The summed E-state index contributed by atoms with van der Waals surface area (Å²) in [6.45, 7) is 4.78. The van der Waals surface area contributed by atoms with E-state index in [-0.39, 0.29) is 17.6 Å². The van der Waals surface area contributed by atoms with Gasteiger partial charge >= 0.3 is 0 Å². The van der Waals surface area contributed by atoms with Gasteiger partial charge < -0.3 is 14.4 Å². The van der Waals surface area contributed by atoms with Crippen molar-refractivity contribution in [1.29, 1.82) is 0 Å². The van der Waals surface area contributed by atoms with E-state index in [9.17, 15) is 8.42 Å². The van der Waals surface area contributed by atoms with Crippen LogP contribution in [0.5, 0.6) is 11.5 Å². The summed E-state index contributed by atoms with van der Waals surface area (Å²) in [6.07, 6.45) is 4.56. The van der Waals surface area contributed by atoms with Crippen molar-refractivity contribution in [3.8, 4) is 22.6 Å². The van der Waals surface area contributed by atoms with E-state index >= 15 is 0 Å². The number of anilines is 2. The third-order valence-electron chi connectivity index (χ3n) is 6.74. The number of sulfonamides is 1. The smallest absolute Gasteiger partial charge is 0.231 e. The summed E-state index contributed by atoms with van der Waals surface area (Å²) >= 11 is 6.13. The van der Waals surface area contributed by atoms with Crippen LogP contribution in [-0.2, 0) is 16.6 Å². The quantitative estimate of drug-likeness (QED) is 0.353. The Hall–Kier alpha value is -3.60. The zero-order chi connectivity index (χ0) is 26.3. The molecular weight excluding hydrogens is 526 g/mol. The third-order valence-corrected chi connectivity index (χ3v) is 7.63. The topological polar surface area (TPSA) is 96.9 Å². The molecular formula is C27H26ClN5O4S. The molecule has 2 aliphatic heterocycles. The minimum absolute atomic E-state index is 0.0981. The number of halogens is 1. The number of piperazine rings is 1. The Labute approximate surface area is 226 Å². The number of nitrogens with zero attached hydrogens (tertiary/aromatic N) is 4. The highest BCUT2D eigenvalue weighted by Crippen LogP contribution is 2.34. The lowest BCUT2D eigenvalue weighted by Gasteiger charge is -2.36. The molecule has 0 radical (unpaired) electrons. The van der Waals surface area contributed by atoms with Crippen molar-refractivity contribution in [2.24, 2.45) is 0 Å². The molecule has 1 fully saturated rings. The first-order valence-electron chi connectivity index (χ1n) is 12.2. The molecule has 2 aromatic carbocycles. The SMILES string of the molecule is CS(=O)(=O)Nc1cc(-c2ccc3nccc(N4CCN(Cc5ccc6c(c5)OCO6)CC4)c3c2)cnc1Cl. The summed E-state index contributed by atoms with van der Waals surface area (Å²) in [5.74, 6) is 1.62. The van der Waals surface area contributed by atoms with Gasteiger partial charge in [-0.3, -0.25) is 14.6 Å². The zero-order valence-electron chi connectivity index (χ0n) is 20.7. The molecule has 38 heavy (non-hydrogen) atoms. The number of fused-ring (bicyclic) bond motifs is 2. The average molecular weight is 552 g/mol. The van der Waals surface area contributed by atoms with Crippen LogP contribution in [0.1, 0.15) is 5.56 Å². The second-order valence-electron chi connectivity index (χ2n) is 9.45. The van der Waals surface area contributed by atoms with Gasteiger partial charge in [-0.2, -0.15) is 0 Å². The normalized spacial score (nSPS) is 15.7. The van der Waals surface area contributed by atoms with Crippen molar-refractivity contribution in [2.75, 3.05) is 48.8 Å². The molecule has 1 N–H and O–H groups in total. The van der Waals surface area contributed by atoms with Crippen molar-refractivity contribution in [3.05, 3.63) is 71.6 Å². The monoisotopic (exact) mass is 551 g/mol. The van der Waals surface area contributed by atoms with Crippen LogP contribution in [-0.4, -0.2) is 62.5 Å². The number of hydrogen-bond donors (Lipinski definition) is 1. The molecule has 2 aromatic heterocycles. The largest absolute Gasteiger partial charge is 0.454 e.